The molecule has 2 rings (SSSR count). The van der Waals surface area contributed by atoms with Crippen LogP contribution in [0.4, 0.5) is 0 Å². The first kappa shape index (κ1) is 19.2. The summed E-state index contributed by atoms with van der Waals surface area (Å²) in [4.78, 5) is 25.6. The van der Waals surface area contributed by atoms with Gasteiger partial charge in [0.25, 0.3) is 0 Å². The number of aliphatic hydroxyl groups excluding tert-OH is 1. The lowest BCUT2D eigenvalue weighted by Gasteiger charge is -2.37. The molecule has 1 heterocycles. The number of nitrogens with zero attached hydrogens (tertiary/aromatic N) is 1. The molecule has 1 aliphatic rings. The van der Waals surface area contributed by atoms with Crippen molar-refractivity contribution in [2.75, 3.05) is 19.8 Å². The molecule has 2 amide bonds. The lowest BCUT2D eigenvalue weighted by Crippen LogP contribution is -2.50. The van der Waals surface area contributed by atoms with E-state index < -0.39 is 6.10 Å². The molecule has 0 aliphatic carbocycles. The first-order valence-corrected chi connectivity index (χ1v) is 8.74. The fourth-order valence-electron chi connectivity index (χ4n) is 2.83. The number of hydrogen-bond acceptors (Lipinski definition) is 5. The van der Waals surface area contributed by atoms with Crippen LogP contribution in [-0.4, -0.2) is 47.7 Å². The molecule has 0 saturated carbocycles. The normalized spacial score (nSPS) is 18.2. The van der Waals surface area contributed by atoms with Crippen LogP contribution >= 0.6 is 0 Å². The van der Waals surface area contributed by atoms with E-state index in [1.807, 2.05) is 20.8 Å². The summed E-state index contributed by atoms with van der Waals surface area (Å²) in [6, 6.07) is 7.08. The molecule has 0 aromatic heterocycles. The van der Waals surface area contributed by atoms with Gasteiger partial charge < -0.3 is 14.6 Å². The van der Waals surface area contributed by atoms with Gasteiger partial charge >= 0.3 is 0 Å². The van der Waals surface area contributed by atoms with Gasteiger partial charge in [-0.2, -0.15) is 0 Å². The largest absolute Gasteiger partial charge is 0.494 e. The minimum Gasteiger partial charge on any atom is -0.494 e. The molecule has 25 heavy (non-hydrogen) atoms. The van der Waals surface area contributed by atoms with Crippen molar-refractivity contribution in [1.82, 2.24) is 4.90 Å². The molecule has 0 radical (unpaired) electrons. The van der Waals surface area contributed by atoms with Crippen LogP contribution in [0.2, 0.25) is 0 Å². The zero-order valence-electron chi connectivity index (χ0n) is 15.2. The maximum atomic E-state index is 12.2. The molecule has 1 N–H and O–H groups in total. The second kappa shape index (κ2) is 8.34. The van der Waals surface area contributed by atoms with E-state index in [0.717, 1.165) is 17.1 Å². The van der Waals surface area contributed by atoms with E-state index in [9.17, 15) is 14.7 Å². The van der Waals surface area contributed by atoms with Crippen LogP contribution in [0.15, 0.2) is 24.3 Å². The summed E-state index contributed by atoms with van der Waals surface area (Å²) in [5.41, 5.74) is -0.269. The standard InChI is InChI=1S/C19H27NO5/c1-4-19(3)10-17(22)20(18(23)11-19)12-14(21)13-25-16-8-6-15(7-9-16)24-5-2/h6-9,14,21H,4-5,10-13H2,1-3H3/t14-/m0/s1. The summed E-state index contributed by atoms with van der Waals surface area (Å²) in [7, 11) is 0. The molecule has 1 aromatic carbocycles. The van der Waals surface area contributed by atoms with E-state index in [4.69, 9.17) is 9.47 Å². The van der Waals surface area contributed by atoms with Crippen LogP contribution in [0.3, 0.4) is 0 Å². The number of ether oxygens (including phenoxy) is 2. The van der Waals surface area contributed by atoms with Crippen LogP contribution in [0, 0.1) is 5.41 Å². The quantitative estimate of drug-likeness (QED) is 0.729. The molecule has 1 aromatic rings. The Labute approximate surface area is 148 Å². The highest BCUT2D eigenvalue weighted by molar-refractivity contribution is 5.98. The monoisotopic (exact) mass is 349 g/mol. The van der Waals surface area contributed by atoms with Gasteiger partial charge in [-0.15, -0.1) is 0 Å². The van der Waals surface area contributed by atoms with Gasteiger partial charge in [-0.3, -0.25) is 14.5 Å². The Morgan fingerprint density at radius 3 is 2.08 bits per heavy atom. The third-order valence-corrected chi connectivity index (χ3v) is 4.58. The van der Waals surface area contributed by atoms with Gasteiger partial charge in [0, 0.05) is 12.8 Å². The zero-order chi connectivity index (χ0) is 18.4. The van der Waals surface area contributed by atoms with Crippen LogP contribution in [0.5, 0.6) is 11.5 Å². The van der Waals surface area contributed by atoms with Crippen LogP contribution in [0.1, 0.15) is 40.0 Å². The van der Waals surface area contributed by atoms with E-state index >= 15 is 0 Å². The van der Waals surface area contributed by atoms with Gasteiger partial charge in [-0.25, -0.2) is 0 Å². The van der Waals surface area contributed by atoms with Crippen molar-refractivity contribution in [1.29, 1.82) is 0 Å². The summed E-state index contributed by atoms with van der Waals surface area (Å²) in [6.07, 6.45) is 0.524. The lowest BCUT2D eigenvalue weighted by molar-refractivity contribution is -0.155. The van der Waals surface area contributed by atoms with Crippen molar-refractivity contribution in [2.45, 2.75) is 46.1 Å². The van der Waals surface area contributed by atoms with Crippen molar-refractivity contribution in [2.24, 2.45) is 5.41 Å². The Hall–Kier alpha value is -2.08. The van der Waals surface area contributed by atoms with E-state index in [-0.39, 0.29) is 30.4 Å². The average molecular weight is 349 g/mol. The average Bonchev–Trinajstić information content (AvgIpc) is 2.58. The van der Waals surface area contributed by atoms with E-state index in [2.05, 4.69) is 0 Å². The maximum absolute atomic E-state index is 12.2. The van der Waals surface area contributed by atoms with Crippen molar-refractivity contribution >= 4 is 11.8 Å². The van der Waals surface area contributed by atoms with Gasteiger partial charge in [0.1, 0.15) is 24.2 Å². The highest BCUT2D eigenvalue weighted by Crippen LogP contribution is 2.35. The fraction of sp³-hybridized carbons (Fsp3) is 0.579. The molecule has 6 heteroatoms. The number of β-amino-alcohol motifs (C(OH)–C–C–N with tert-alkyl or cyclic N) is 1. The number of imide groups is 1. The summed E-state index contributed by atoms with van der Waals surface area (Å²) in [6.45, 7) is 6.41. The van der Waals surface area contributed by atoms with Gasteiger partial charge in [-0.05, 0) is 43.0 Å². The Bertz CT molecular complexity index is 580. The molecule has 0 bridgehead atoms. The summed E-state index contributed by atoms with van der Waals surface area (Å²) in [5.74, 6) is 0.901. The predicted molar refractivity (Wildman–Crippen MR) is 93.5 cm³/mol. The first-order valence-electron chi connectivity index (χ1n) is 8.74. The number of amides is 2. The predicted octanol–water partition coefficient (Wildman–Crippen LogP) is 2.39. The second-order valence-electron chi connectivity index (χ2n) is 6.79. The molecule has 0 spiro atoms. The number of hydrogen-bond donors (Lipinski definition) is 1. The number of rotatable bonds is 8. The molecular weight excluding hydrogens is 322 g/mol. The Morgan fingerprint density at radius 2 is 1.60 bits per heavy atom. The highest BCUT2D eigenvalue weighted by atomic mass is 16.5. The number of piperidine rings is 1. The summed E-state index contributed by atoms with van der Waals surface area (Å²) in [5, 5.41) is 10.1. The smallest absolute Gasteiger partial charge is 0.229 e. The first-order chi connectivity index (χ1) is 11.9. The molecule has 1 aliphatic heterocycles. The molecule has 0 unspecified atom stereocenters. The van der Waals surface area contributed by atoms with E-state index in [0.29, 0.717) is 25.2 Å². The summed E-state index contributed by atoms with van der Waals surface area (Å²) >= 11 is 0. The topological polar surface area (TPSA) is 76.1 Å². The fourth-order valence-corrected chi connectivity index (χ4v) is 2.83. The summed E-state index contributed by atoms with van der Waals surface area (Å²) < 4.78 is 10.9. The Morgan fingerprint density at radius 1 is 1.08 bits per heavy atom. The van der Waals surface area contributed by atoms with Crippen molar-refractivity contribution in [3.05, 3.63) is 24.3 Å². The van der Waals surface area contributed by atoms with Gasteiger partial charge in [-0.1, -0.05) is 13.8 Å². The molecule has 1 saturated heterocycles. The molecule has 6 nitrogen and oxygen atoms in total. The number of benzene rings is 1. The third-order valence-electron chi connectivity index (χ3n) is 4.58. The van der Waals surface area contributed by atoms with Crippen LogP contribution < -0.4 is 9.47 Å². The molecule has 1 atom stereocenters. The maximum Gasteiger partial charge on any atom is 0.229 e. The van der Waals surface area contributed by atoms with E-state index in [1.54, 1.807) is 24.3 Å². The third kappa shape index (κ3) is 5.19. The Kier molecular flexibility index (Phi) is 6.42. The zero-order valence-corrected chi connectivity index (χ0v) is 15.2. The van der Waals surface area contributed by atoms with Gasteiger partial charge in [0.05, 0.1) is 13.2 Å². The number of likely N-dealkylation sites (tertiary alicyclic amines) is 1. The number of aliphatic hydroxyl groups is 1. The van der Waals surface area contributed by atoms with Crippen molar-refractivity contribution < 1.29 is 24.2 Å². The van der Waals surface area contributed by atoms with Gasteiger partial charge in [0.2, 0.25) is 11.8 Å². The lowest BCUT2D eigenvalue weighted by atomic mass is 9.77. The molecule has 1 fully saturated rings. The van der Waals surface area contributed by atoms with Crippen LogP contribution in [-0.2, 0) is 9.59 Å². The minimum atomic E-state index is -0.926. The number of carbonyl (C=O) groups excluding carboxylic acids is 2. The van der Waals surface area contributed by atoms with Crippen molar-refractivity contribution in [3.8, 4) is 11.5 Å². The van der Waals surface area contributed by atoms with Crippen LogP contribution in [0.25, 0.3) is 0 Å². The SMILES string of the molecule is CCOc1ccc(OC[C@@H](O)CN2C(=O)CC(C)(CC)CC2=O)cc1. The second-order valence-corrected chi connectivity index (χ2v) is 6.79. The minimum absolute atomic E-state index is 0.0100. The van der Waals surface area contributed by atoms with Gasteiger partial charge in [0.15, 0.2) is 0 Å². The highest BCUT2D eigenvalue weighted by Gasteiger charge is 2.39. The molecule has 138 valence electrons. The molecular formula is C19H27NO5. The number of carbonyl (C=O) groups is 2. The van der Waals surface area contributed by atoms with E-state index in [1.165, 1.54) is 0 Å². The Balaban J connectivity index is 1.84. The van der Waals surface area contributed by atoms with Crippen molar-refractivity contribution in [3.63, 3.8) is 0 Å².